The van der Waals surface area contributed by atoms with Crippen molar-refractivity contribution < 1.29 is 24.2 Å². The third-order valence-electron chi connectivity index (χ3n) is 3.74. The normalized spacial score (nSPS) is 14.9. The molecule has 8 heteroatoms. The molecule has 0 radical (unpaired) electrons. The zero-order valence-corrected chi connectivity index (χ0v) is 15.1. The molecule has 6 nitrogen and oxygen atoms in total. The first-order valence-electron chi connectivity index (χ1n) is 7.56. The molecule has 0 saturated carbocycles. The van der Waals surface area contributed by atoms with E-state index >= 15 is 0 Å². The second-order valence-corrected chi connectivity index (χ2v) is 6.80. The van der Waals surface area contributed by atoms with Crippen LogP contribution in [0, 0.1) is 5.92 Å². The molecule has 1 amide bonds. The summed E-state index contributed by atoms with van der Waals surface area (Å²) < 4.78 is 10.6. The molecule has 1 heterocycles. The number of carboxylic acids is 1. The molecule has 1 unspecified atom stereocenters. The van der Waals surface area contributed by atoms with E-state index in [2.05, 4.69) is 17.9 Å². The van der Waals surface area contributed by atoms with Gasteiger partial charge < -0.3 is 19.9 Å². The minimum atomic E-state index is -1.02. The summed E-state index contributed by atoms with van der Waals surface area (Å²) in [7, 11) is 0. The van der Waals surface area contributed by atoms with Crippen molar-refractivity contribution >= 4 is 36.3 Å². The van der Waals surface area contributed by atoms with Gasteiger partial charge in [-0.2, -0.15) is 24.4 Å². The van der Waals surface area contributed by atoms with Crippen LogP contribution in [0.15, 0.2) is 18.2 Å². The molecule has 0 fully saturated rings. The van der Waals surface area contributed by atoms with Gasteiger partial charge in [0.25, 0.3) is 0 Å². The van der Waals surface area contributed by atoms with Crippen LogP contribution in [0.5, 0.6) is 11.5 Å². The van der Waals surface area contributed by atoms with Crippen LogP contribution >= 0.6 is 24.4 Å². The van der Waals surface area contributed by atoms with E-state index in [0.717, 1.165) is 5.56 Å². The van der Waals surface area contributed by atoms with Gasteiger partial charge in [0.15, 0.2) is 11.5 Å². The van der Waals surface area contributed by atoms with E-state index in [0.29, 0.717) is 35.8 Å². The van der Waals surface area contributed by atoms with Gasteiger partial charge in [-0.25, -0.2) is 4.79 Å². The van der Waals surface area contributed by atoms with Crippen LogP contribution in [0.1, 0.15) is 12.0 Å². The van der Waals surface area contributed by atoms with E-state index in [1.807, 2.05) is 24.5 Å². The van der Waals surface area contributed by atoms with Gasteiger partial charge in [-0.3, -0.25) is 4.79 Å². The van der Waals surface area contributed by atoms with Gasteiger partial charge in [-0.05, 0) is 42.5 Å². The molecule has 2 atom stereocenters. The third-order valence-corrected chi connectivity index (χ3v) is 4.82. The number of carbonyl (C=O) groups excluding carboxylic acids is 1. The van der Waals surface area contributed by atoms with E-state index in [1.165, 1.54) is 0 Å². The predicted molar refractivity (Wildman–Crippen MR) is 96.2 cm³/mol. The molecule has 24 heavy (non-hydrogen) atoms. The van der Waals surface area contributed by atoms with Crippen LogP contribution in [0.2, 0.25) is 0 Å². The Kier molecular flexibility index (Phi) is 7.11. The molecule has 0 bridgehead atoms. The molecule has 0 aromatic heterocycles. The van der Waals surface area contributed by atoms with E-state index in [4.69, 9.17) is 9.47 Å². The lowest BCUT2D eigenvalue weighted by Crippen LogP contribution is -2.44. The second-order valence-electron chi connectivity index (χ2n) is 5.45. The highest BCUT2D eigenvalue weighted by Crippen LogP contribution is 2.33. The van der Waals surface area contributed by atoms with Gasteiger partial charge in [0.05, 0.1) is 5.92 Å². The summed E-state index contributed by atoms with van der Waals surface area (Å²) in [4.78, 5) is 23.7. The smallest absolute Gasteiger partial charge is 0.326 e. The SMILES string of the molecule is CSCC[C@H](NC(=O)C(CS)Cc1ccc2c(c1)OCO2)C(=O)O. The maximum absolute atomic E-state index is 12.4. The first kappa shape index (κ1) is 18.8. The number of carbonyl (C=O) groups is 2. The molecular weight excluding hydrogens is 350 g/mol. The van der Waals surface area contributed by atoms with E-state index < -0.39 is 17.9 Å². The molecule has 1 aliphatic heterocycles. The summed E-state index contributed by atoms with van der Waals surface area (Å²) in [6.45, 7) is 0.199. The standard InChI is InChI=1S/C16H21NO5S2/c1-24-5-4-12(16(19)20)17-15(18)11(8-23)6-10-2-3-13-14(7-10)22-9-21-13/h2-3,7,11-12,23H,4-6,8-9H2,1H3,(H,17,18)(H,19,20)/t11?,12-/m0/s1. The van der Waals surface area contributed by atoms with Crippen molar-refractivity contribution in [3.63, 3.8) is 0 Å². The maximum Gasteiger partial charge on any atom is 0.326 e. The number of carboxylic acid groups (broad SMARTS) is 1. The number of fused-ring (bicyclic) bond motifs is 1. The fraction of sp³-hybridized carbons (Fsp3) is 0.500. The largest absolute Gasteiger partial charge is 0.480 e. The number of ether oxygens (including phenoxy) is 2. The van der Waals surface area contributed by atoms with Gasteiger partial charge in [0.2, 0.25) is 12.7 Å². The fourth-order valence-electron chi connectivity index (χ4n) is 2.38. The average Bonchev–Trinajstić information content (AvgIpc) is 3.03. The Morgan fingerprint density at radius 2 is 2.12 bits per heavy atom. The van der Waals surface area contributed by atoms with Gasteiger partial charge in [0, 0.05) is 5.75 Å². The Hall–Kier alpha value is -1.54. The van der Waals surface area contributed by atoms with Crippen molar-refractivity contribution in [2.24, 2.45) is 5.92 Å². The van der Waals surface area contributed by atoms with Gasteiger partial charge in [0.1, 0.15) is 6.04 Å². The number of hydrogen-bond acceptors (Lipinski definition) is 6. The van der Waals surface area contributed by atoms with Crippen molar-refractivity contribution in [2.75, 3.05) is 24.6 Å². The Morgan fingerprint density at radius 1 is 1.38 bits per heavy atom. The number of thiol groups is 1. The van der Waals surface area contributed by atoms with Crippen LogP contribution in [0.4, 0.5) is 0 Å². The van der Waals surface area contributed by atoms with Crippen LogP contribution < -0.4 is 14.8 Å². The number of hydrogen-bond donors (Lipinski definition) is 3. The summed E-state index contributed by atoms with van der Waals surface area (Å²) in [5.74, 6) is 0.627. The first-order valence-corrected chi connectivity index (χ1v) is 9.59. The topological polar surface area (TPSA) is 84.9 Å². The molecule has 0 aliphatic carbocycles. The maximum atomic E-state index is 12.4. The summed E-state index contributed by atoms with van der Waals surface area (Å²) in [5, 5.41) is 11.8. The van der Waals surface area contributed by atoms with E-state index in [9.17, 15) is 14.7 Å². The molecule has 1 aromatic rings. The fourth-order valence-corrected chi connectivity index (χ4v) is 3.14. The Labute approximate surface area is 150 Å². The highest BCUT2D eigenvalue weighted by Gasteiger charge is 2.25. The van der Waals surface area contributed by atoms with E-state index in [1.54, 1.807) is 11.8 Å². The molecule has 2 N–H and O–H groups in total. The van der Waals surface area contributed by atoms with Crippen molar-refractivity contribution in [2.45, 2.75) is 18.9 Å². The second kappa shape index (κ2) is 9.08. The van der Waals surface area contributed by atoms with Crippen molar-refractivity contribution in [3.8, 4) is 11.5 Å². The summed E-state index contributed by atoms with van der Waals surface area (Å²) in [6.07, 6.45) is 2.75. The molecular formula is C16H21NO5S2. The van der Waals surface area contributed by atoms with Crippen LogP contribution in [-0.4, -0.2) is 47.6 Å². The first-order chi connectivity index (χ1) is 11.5. The van der Waals surface area contributed by atoms with E-state index in [-0.39, 0.29) is 12.7 Å². The lowest BCUT2D eigenvalue weighted by molar-refractivity contribution is -0.142. The van der Waals surface area contributed by atoms with Crippen molar-refractivity contribution in [1.82, 2.24) is 5.32 Å². The Bertz CT molecular complexity index is 596. The zero-order chi connectivity index (χ0) is 17.5. The molecule has 132 valence electrons. The predicted octanol–water partition coefficient (Wildman–Crippen LogP) is 1.83. The van der Waals surface area contributed by atoms with Crippen LogP contribution in [0.25, 0.3) is 0 Å². The Morgan fingerprint density at radius 3 is 2.79 bits per heavy atom. The summed E-state index contributed by atoms with van der Waals surface area (Å²) in [5.41, 5.74) is 0.921. The van der Waals surface area contributed by atoms with Gasteiger partial charge in [-0.15, -0.1) is 0 Å². The van der Waals surface area contributed by atoms with Gasteiger partial charge in [-0.1, -0.05) is 6.07 Å². The lowest BCUT2D eigenvalue weighted by atomic mass is 9.99. The molecule has 2 rings (SSSR count). The number of benzene rings is 1. The minimum Gasteiger partial charge on any atom is -0.480 e. The number of rotatable bonds is 9. The van der Waals surface area contributed by atoms with Crippen LogP contribution in [-0.2, 0) is 16.0 Å². The van der Waals surface area contributed by atoms with Gasteiger partial charge >= 0.3 is 5.97 Å². The monoisotopic (exact) mass is 371 g/mol. The van der Waals surface area contributed by atoms with Crippen LogP contribution in [0.3, 0.4) is 0 Å². The third kappa shape index (κ3) is 4.98. The summed E-state index contributed by atoms with van der Waals surface area (Å²) in [6, 6.07) is 4.65. The zero-order valence-electron chi connectivity index (χ0n) is 13.4. The lowest BCUT2D eigenvalue weighted by Gasteiger charge is -2.19. The summed E-state index contributed by atoms with van der Waals surface area (Å²) >= 11 is 5.79. The number of aliphatic carboxylic acids is 1. The molecule has 0 spiro atoms. The minimum absolute atomic E-state index is 0.199. The molecule has 1 aromatic carbocycles. The van der Waals surface area contributed by atoms with Crippen molar-refractivity contribution in [1.29, 1.82) is 0 Å². The quantitative estimate of drug-likeness (QED) is 0.574. The number of nitrogens with one attached hydrogen (secondary N) is 1. The highest BCUT2D eigenvalue weighted by atomic mass is 32.2. The number of amides is 1. The Balaban J connectivity index is 1.99. The molecule has 1 aliphatic rings. The average molecular weight is 371 g/mol. The molecule has 0 saturated heterocycles. The number of thioether (sulfide) groups is 1. The van der Waals surface area contributed by atoms with Crippen molar-refractivity contribution in [3.05, 3.63) is 23.8 Å². The highest BCUT2D eigenvalue weighted by molar-refractivity contribution is 7.98.